The van der Waals surface area contributed by atoms with E-state index < -0.39 is 0 Å². The lowest BCUT2D eigenvalue weighted by molar-refractivity contribution is 0.0937. The Hall–Kier alpha value is -2.13. The van der Waals surface area contributed by atoms with Gasteiger partial charge in [0.1, 0.15) is 0 Å². The van der Waals surface area contributed by atoms with E-state index in [9.17, 15) is 9.59 Å². The van der Waals surface area contributed by atoms with E-state index in [0.29, 0.717) is 36.0 Å². The third-order valence-electron chi connectivity index (χ3n) is 6.92. The second-order valence-electron chi connectivity index (χ2n) is 9.06. The van der Waals surface area contributed by atoms with Gasteiger partial charge in [0.25, 0.3) is 11.5 Å². The standard InChI is InChI=1S/C27H31ClN4O3.3ClH/c1-35-15-14-30-26(34)20-5-2-4-19(16-20)24-8-9-25(33)32(31-24)23-10-12-27(18-29,13-11-23)21-6-3-7-22(28)17-21;;;/h2-9,16-17,23H,10-15,18,29H2,1H3,(H,30,34);3*1H. The number of ether oxygens (including phenoxy) is 1. The highest BCUT2D eigenvalue weighted by Gasteiger charge is 2.37. The minimum absolute atomic E-state index is 0. The average molecular weight is 604 g/mol. The maximum atomic E-state index is 12.8. The summed E-state index contributed by atoms with van der Waals surface area (Å²) in [7, 11) is 1.59. The van der Waals surface area contributed by atoms with Crippen LogP contribution in [-0.2, 0) is 10.2 Å². The molecule has 0 unspecified atom stereocenters. The van der Waals surface area contributed by atoms with Crippen molar-refractivity contribution in [2.75, 3.05) is 26.8 Å². The molecule has 3 aromatic rings. The molecular weight excluding hydrogens is 570 g/mol. The SMILES string of the molecule is COCCNC(=O)c1cccc(-c2ccc(=O)n(C3CCC(CN)(c4cccc(Cl)c4)CC3)n2)c1.Cl.Cl.Cl. The number of hydrogen-bond donors (Lipinski definition) is 2. The highest BCUT2D eigenvalue weighted by molar-refractivity contribution is 6.30. The molecular formula is C27H34Cl4N4O3. The van der Waals surface area contributed by atoms with Gasteiger partial charge < -0.3 is 15.8 Å². The summed E-state index contributed by atoms with van der Waals surface area (Å²) in [6.45, 7) is 1.41. The summed E-state index contributed by atoms with van der Waals surface area (Å²) in [4.78, 5) is 25.2. The highest BCUT2D eigenvalue weighted by Crippen LogP contribution is 2.42. The Labute approximate surface area is 246 Å². The first-order valence-corrected chi connectivity index (χ1v) is 12.3. The molecule has 38 heavy (non-hydrogen) atoms. The Bertz CT molecular complexity index is 1250. The van der Waals surface area contributed by atoms with Crippen molar-refractivity contribution in [2.24, 2.45) is 5.73 Å². The quantitative estimate of drug-likeness (QED) is 0.344. The number of nitrogens with two attached hydrogens (primary N) is 1. The minimum Gasteiger partial charge on any atom is -0.383 e. The summed E-state index contributed by atoms with van der Waals surface area (Å²) >= 11 is 6.24. The van der Waals surface area contributed by atoms with Crippen molar-refractivity contribution in [3.05, 3.63) is 87.2 Å². The van der Waals surface area contributed by atoms with Gasteiger partial charge in [-0.1, -0.05) is 35.9 Å². The van der Waals surface area contributed by atoms with E-state index in [1.807, 2.05) is 30.3 Å². The number of methoxy groups -OCH3 is 1. The van der Waals surface area contributed by atoms with Crippen molar-refractivity contribution in [3.63, 3.8) is 0 Å². The molecule has 7 nitrogen and oxygen atoms in total. The normalized spacial score (nSPS) is 18.3. The first-order chi connectivity index (χ1) is 17.0. The summed E-state index contributed by atoms with van der Waals surface area (Å²) < 4.78 is 6.58. The number of halogens is 4. The molecule has 4 rings (SSSR count). The summed E-state index contributed by atoms with van der Waals surface area (Å²) in [5.74, 6) is -0.177. The molecule has 1 aromatic heterocycles. The van der Waals surface area contributed by atoms with Gasteiger partial charge in [-0.25, -0.2) is 4.68 Å². The number of nitrogens with one attached hydrogen (secondary N) is 1. The topological polar surface area (TPSA) is 99.2 Å². The van der Waals surface area contributed by atoms with Crippen LogP contribution in [0.4, 0.5) is 0 Å². The lowest BCUT2D eigenvalue weighted by Crippen LogP contribution is -2.41. The molecule has 0 aliphatic heterocycles. The Morgan fingerprint density at radius 1 is 1.11 bits per heavy atom. The zero-order valence-corrected chi connectivity index (χ0v) is 24.3. The number of nitrogens with zero attached hydrogens (tertiary/aromatic N) is 2. The third kappa shape index (κ3) is 7.72. The number of amides is 1. The van der Waals surface area contributed by atoms with Crippen molar-refractivity contribution in [3.8, 4) is 11.3 Å². The molecule has 1 aliphatic carbocycles. The monoisotopic (exact) mass is 602 g/mol. The summed E-state index contributed by atoms with van der Waals surface area (Å²) in [5, 5.41) is 8.23. The Balaban J connectivity index is 0.00000241. The van der Waals surface area contributed by atoms with Gasteiger partial charge in [0.2, 0.25) is 0 Å². The van der Waals surface area contributed by atoms with Crippen LogP contribution in [0.25, 0.3) is 11.3 Å². The van der Waals surface area contributed by atoms with E-state index in [0.717, 1.165) is 36.8 Å². The molecule has 0 radical (unpaired) electrons. The number of aromatic nitrogens is 2. The number of hydrogen-bond acceptors (Lipinski definition) is 5. The van der Waals surface area contributed by atoms with Crippen molar-refractivity contribution in [1.29, 1.82) is 0 Å². The van der Waals surface area contributed by atoms with E-state index >= 15 is 0 Å². The van der Waals surface area contributed by atoms with E-state index in [2.05, 4.69) is 11.4 Å². The molecule has 0 bridgehead atoms. The lowest BCUT2D eigenvalue weighted by Gasteiger charge is -2.40. The van der Waals surface area contributed by atoms with Gasteiger partial charge in [-0.05, 0) is 61.6 Å². The summed E-state index contributed by atoms with van der Waals surface area (Å²) in [6.07, 6.45) is 3.29. The number of carbonyl (C=O) groups is 1. The van der Waals surface area contributed by atoms with Gasteiger partial charge in [0.15, 0.2) is 0 Å². The maximum Gasteiger partial charge on any atom is 0.267 e. The second-order valence-corrected chi connectivity index (χ2v) is 9.49. The molecule has 0 saturated heterocycles. The van der Waals surface area contributed by atoms with E-state index in [1.165, 1.54) is 0 Å². The van der Waals surface area contributed by atoms with Crippen LogP contribution in [0.15, 0.2) is 65.5 Å². The number of benzene rings is 2. The number of carbonyl (C=O) groups excluding carboxylic acids is 1. The number of rotatable bonds is 8. The molecule has 1 amide bonds. The summed E-state index contributed by atoms with van der Waals surface area (Å²) in [6, 6.07) is 18.4. The molecule has 0 spiro atoms. The Morgan fingerprint density at radius 2 is 1.82 bits per heavy atom. The van der Waals surface area contributed by atoms with Gasteiger partial charge in [0.05, 0.1) is 18.3 Å². The Morgan fingerprint density at radius 3 is 2.47 bits per heavy atom. The first kappa shape index (κ1) is 33.9. The van der Waals surface area contributed by atoms with Crippen molar-refractivity contribution in [2.45, 2.75) is 37.1 Å². The van der Waals surface area contributed by atoms with E-state index in [-0.39, 0.29) is 60.1 Å². The predicted molar refractivity (Wildman–Crippen MR) is 160 cm³/mol. The van der Waals surface area contributed by atoms with Crippen molar-refractivity contribution < 1.29 is 9.53 Å². The first-order valence-electron chi connectivity index (χ1n) is 11.9. The molecule has 2 aromatic carbocycles. The predicted octanol–water partition coefficient (Wildman–Crippen LogP) is 5.22. The molecule has 3 N–H and O–H groups in total. The van der Waals surface area contributed by atoms with Gasteiger partial charge >= 0.3 is 0 Å². The van der Waals surface area contributed by atoms with Gasteiger partial charge in [-0.15, -0.1) is 37.2 Å². The Kier molecular flexibility index (Phi) is 13.8. The van der Waals surface area contributed by atoms with E-state index in [1.54, 1.807) is 36.1 Å². The molecule has 1 heterocycles. The maximum absolute atomic E-state index is 12.8. The largest absolute Gasteiger partial charge is 0.383 e. The van der Waals surface area contributed by atoms with Crippen LogP contribution in [0.1, 0.15) is 47.6 Å². The fourth-order valence-electron chi connectivity index (χ4n) is 4.86. The van der Waals surface area contributed by atoms with Crippen LogP contribution in [0.3, 0.4) is 0 Å². The lowest BCUT2D eigenvalue weighted by atomic mass is 9.68. The van der Waals surface area contributed by atoms with Gasteiger partial charge in [0, 0.05) is 47.8 Å². The van der Waals surface area contributed by atoms with Gasteiger partial charge in [-0.3, -0.25) is 9.59 Å². The fourth-order valence-corrected chi connectivity index (χ4v) is 5.05. The molecule has 11 heteroatoms. The molecule has 0 atom stereocenters. The van der Waals surface area contributed by atoms with Crippen LogP contribution >= 0.6 is 48.8 Å². The molecule has 208 valence electrons. The van der Waals surface area contributed by atoms with Crippen molar-refractivity contribution >= 4 is 54.7 Å². The molecule has 1 saturated carbocycles. The van der Waals surface area contributed by atoms with Crippen LogP contribution in [-0.4, -0.2) is 42.5 Å². The zero-order chi connectivity index (χ0) is 24.8. The van der Waals surface area contributed by atoms with Crippen LogP contribution in [0.5, 0.6) is 0 Å². The second kappa shape index (κ2) is 15.5. The van der Waals surface area contributed by atoms with Gasteiger partial charge in [-0.2, -0.15) is 5.10 Å². The molecule has 1 aliphatic rings. The van der Waals surface area contributed by atoms with Crippen LogP contribution < -0.4 is 16.6 Å². The molecule has 1 fully saturated rings. The van der Waals surface area contributed by atoms with Crippen LogP contribution in [0, 0.1) is 0 Å². The van der Waals surface area contributed by atoms with Crippen molar-refractivity contribution in [1.82, 2.24) is 15.1 Å². The van der Waals surface area contributed by atoms with E-state index in [4.69, 9.17) is 27.2 Å². The fraction of sp³-hybridized carbons (Fsp3) is 0.370. The smallest absolute Gasteiger partial charge is 0.267 e. The average Bonchev–Trinajstić information content (AvgIpc) is 2.89. The third-order valence-corrected chi connectivity index (χ3v) is 7.16. The minimum atomic E-state index is -0.177. The van der Waals surface area contributed by atoms with Crippen LogP contribution in [0.2, 0.25) is 5.02 Å². The summed E-state index contributed by atoms with van der Waals surface area (Å²) in [5.41, 5.74) is 9.09. The highest BCUT2D eigenvalue weighted by atomic mass is 35.5. The zero-order valence-electron chi connectivity index (χ0n) is 21.1.